The molecule has 2 aliphatic rings. The molecule has 2 fully saturated rings. The number of morpholine rings is 1. The van der Waals surface area contributed by atoms with Crippen LogP contribution in [0.3, 0.4) is 0 Å². The molecule has 6 heteroatoms. The number of ether oxygens (including phenoxy) is 1. The lowest BCUT2D eigenvalue weighted by Crippen LogP contribution is -2.52. The third-order valence-corrected chi connectivity index (χ3v) is 5.82. The van der Waals surface area contributed by atoms with Gasteiger partial charge in [0.2, 0.25) is 0 Å². The monoisotopic (exact) mass is 304 g/mol. The summed E-state index contributed by atoms with van der Waals surface area (Å²) < 4.78 is 34.3. The molecule has 1 heterocycles. The number of hydrogen-bond acceptors (Lipinski definition) is 3. The van der Waals surface area contributed by atoms with Gasteiger partial charge in [0, 0.05) is 19.6 Å². The minimum Gasteiger partial charge on any atom is -0.373 e. The van der Waals surface area contributed by atoms with E-state index < -0.39 is 10.2 Å². The second-order valence-electron chi connectivity index (χ2n) is 6.27. The van der Waals surface area contributed by atoms with Gasteiger partial charge < -0.3 is 4.74 Å². The zero-order valence-electron chi connectivity index (χ0n) is 12.7. The molecule has 2 unspecified atom stereocenters. The third kappa shape index (κ3) is 4.69. The molecule has 1 saturated carbocycles. The lowest BCUT2D eigenvalue weighted by molar-refractivity contribution is -0.0443. The lowest BCUT2D eigenvalue weighted by atomic mass is 10.0. The van der Waals surface area contributed by atoms with Crippen LogP contribution in [0, 0.1) is 5.92 Å². The Morgan fingerprint density at radius 3 is 2.35 bits per heavy atom. The van der Waals surface area contributed by atoms with Crippen LogP contribution in [0.1, 0.15) is 52.4 Å². The molecule has 2 rings (SSSR count). The molecule has 0 spiro atoms. The number of rotatable bonds is 6. The molecule has 2 atom stereocenters. The summed E-state index contributed by atoms with van der Waals surface area (Å²) in [5.74, 6) is 0.822. The number of nitrogens with zero attached hydrogens (tertiary/aromatic N) is 1. The average Bonchev–Trinajstić information content (AvgIpc) is 2.86. The summed E-state index contributed by atoms with van der Waals surface area (Å²) in [5.41, 5.74) is 0. The van der Waals surface area contributed by atoms with Crippen molar-refractivity contribution in [2.75, 3.05) is 19.6 Å². The van der Waals surface area contributed by atoms with Crippen molar-refractivity contribution < 1.29 is 13.2 Å². The minimum absolute atomic E-state index is 0.0335. The fourth-order valence-corrected chi connectivity index (χ4v) is 4.71. The van der Waals surface area contributed by atoms with Crippen LogP contribution in [0.2, 0.25) is 0 Å². The van der Waals surface area contributed by atoms with E-state index >= 15 is 0 Å². The predicted octanol–water partition coefficient (Wildman–Crippen LogP) is 1.90. The van der Waals surface area contributed by atoms with Gasteiger partial charge in [-0.05, 0) is 32.6 Å². The van der Waals surface area contributed by atoms with Crippen molar-refractivity contribution >= 4 is 10.2 Å². The Morgan fingerprint density at radius 1 is 1.15 bits per heavy atom. The largest absolute Gasteiger partial charge is 0.373 e. The Morgan fingerprint density at radius 2 is 1.75 bits per heavy atom. The van der Waals surface area contributed by atoms with Crippen LogP contribution in [0.4, 0.5) is 0 Å². The van der Waals surface area contributed by atoms with E-state index in [1.54, 1.807) is 0 Å². The van der Waals surface area contributed by atoms with Crippen LogP contribution in [-0.4, -0.2) is 44.6 Å². The van der Waals surface area contributed by atoms with Crippen molar-refractivity contribution in [2.24, 2.45) is 5.92 Å². The molecule has 0 radical (unpaired) electrons. The van der Waals surface area contributed by atoms with Crippen molar-refractivity contribution in [3.05, 3.63) is 0 Å². The summed E-state index contributed by atoms with van der Waals surface area (Å²) in [6.45, 7) is 5.28. The zero-order chi connectivity index (χ0) is 14.6. The maximum Gasteiger partial charge on any atom is 0.279 e. The van der Waals surface area contributed by atoms with E-state index in [0.717, 1.165) is 18.8 Å². The first-order chi connectivity index (χ1) is 9.47. The van der Waals surface area contributed by atoms with Crippen molar-refractivity contribution in [1.82, 2.24) is 9.03 Å². The molecule has 20 heavy (non-hydrogen) atoms. The average molecular weight is 304 g/mol. The molecule has 1 N–H and O–H groups in total. The second-order valence-corrected chi connectivity index (χ2v) is 8.02. The van der Waals surface area contributed by atoms with Gasteiger partial charge in [-0.1, -0.05) is 25.7 Å². The van der Waals surface area contributed by atoms with Gasteiger partial charge in [0.25, 0.3) is 10.2 Å². The van der Waals surface area contributed by atoms with Crippen LogP contribution < -0.4 is 4.72 Å². The highest BCUT2D eigenvalue weighted by molar-refractivity contribution is 7.87. The fraction of sp³-hybridized carbons (Fsp3) is 1.00. The highest BCUT2D eigenvalue weighted by Gasteiger charge is 2.30. The SMILES string of the molecule is CC1CN(S(=O)(=O)NCCCC2CCCC2)CC(C)O1. The molecule has 0 aromatic carbocycles. The van der Waals surface area contributed by atoms with Gasteiger partial charge in [0.15, 0.2) is 0 Å². The maximum atomic E-state index is 12.2. The van der Waals surface area contributed by atoms with E-state index in [1.807, 2.05) is 13.8 Å². The smallest absolute Gasteiger partial charge is 0.279 e. The Hall–Kier alpha value is -0.170. The molecular weight excluding hydrogens is 276 g/mol. The maximum absolute atomic E-state index is 12.2. The van der Waals surface area contributed by atoms with Crippen LogP contribution in [0.5, 0.6) is 0 Å². The first-order valence-electron chi connectivity index (χ1n) is 7.87. The Labute approximate surface area is 123 Å². The van der Waals surface area contributed by atoms with E-state index in [2.05, 4.69) is 4.72 Å². The first-order valence-corrected chi connectivity index (χ1v) is 9.31. The van der Waals surface area contributed by atoms with Crippen LogP contribution in [0.25, 0.3) is 0 Å². The molecule has 0 amide bonds. The van der Waals surface area contributed by atoms with Crippen LogP contribution >= 0.6 is 0 Å². The first kappa shape index (κ1) is 16.2. The fourth-order valence-electron chi connectivity index (χ4n) is 3.31. The molecule has 0 aromatic heterocycles. The lowest BCUT2D eigenvalue weighted by Gasteiger charge is -2.34. The van der Waals surface area contributed by atoms with Gasteiger partial charge in [0.05, 0.1) is 12.2 Å². The Balaban J connectivity index is 1.72. The molecule has 118 valence electrons. The van der Waals surface area contributed by atoms with Gasteiger partial charge in [-0.2, -0.15) is 12.7 Å². The summed E-state index contributed by atoms with van der Waals surface area (Å²) in [6, 6.07) is 0. The molecular formula is C14H28N2O3S. The van der Waals surface area contributed by atoms with E-state index in [0.29, 0.717) is 19.6 Å². The quantitative estimate of drug-likeness (QED) is 0.763. The van der Waals surface area contributed by atoms with E-state index in [1.165, 1.54) is 30.0 Å². The number of hydrogen-bond donors (Lipinski definition) is 1. The van der Waals surface area contributed by atoms with Gasteiger partial charge in [-0.3, -0.25) is 0 Å². The summed E-state index contributed by atoms with van der Waals surface area (Å²) in [4.78, 5) is 0. The normalized spacial score (nSPS) is 29.9. The Bertz CT molecular complexity index is 383. The molecule has 0 aromatic rings. The predicted molar refractivity (Wildman–Crippen MR) is 79.7 cm³/mol. The standard InChI is InChI=1S/C14H28N2O3S/c1-12-10-16(11-13(2)19-12)20(17,18)15-9-5-8-14-6-3-4-7-14/h12-15H,3-11H2,1-2H3. The van der Waals surface area contributed by atoms with Crippen molar-refractivity contribution in [1.29, 1.82) is 0 Å². The van der Waals surface area contributed by atoms with Crippen LogP contribution in [0.15, 0.2) is 0 Å². The molecule has 5 nitrogen and oxygen atoms in total. The summed E-state index contributed by atoms with van der Waals surface area (Å²) >= 11 is 0. The molecule has 0 bridgehead atoms. The van der Waals surface area contributed by atoms with Gasteiger partial charge in [-0.25, -0.2) is 4.72 Å². The van der Waals surface area contributed by atoms with Crippen molar-refractivity contribution in [3.8, 4) is 0 Å². The van der Waals surface area contributed by atoms with Crippen LogP contribution in [-0.2, 0) is 14.9 Å². The summed E-state index contributed by atoms with van der Waals surface area (Å²) in [5, 5.41) is 0. The Kier molecular flexibility index (Phi) is 5.84. The molecule has 1 saturated heterocycles. The van der Waals surface area contributed by atoms with E-state index in [9.17, 15) is 8.42 Å². The zero-order valence-corrected chi connectivity index (χ0v) is 13.5. The highest BCUT2D eigenvalue weighted by atomic mass is 32.2. The van der Waals surface area contributed by atoms with E-state index in [4.69, 9.17) is 4.74 Å². The molecule has 1 aliphatic heterocycles. The minimum atomic E-state index is -3.34. The molecule has 1 aliphatic carbocycles. The highest BCUT2D eigenvalue weighted by Crippen LogP contribution is 2.28. The topological polar surface area (TPSA) is 58.6 Å². The van der Waals surface area contributed by atoms with E-state index in [-0.39, 0.29) is 12.2 Å². The third-order valence-electron chi connectivity index (χ3n) is 4.27. The van der Waals surface area contributed by atoms with Gasteiger partial charge in [-0.15, -0.1) is 0 Å². The van der Waals surface area contributed by atoms with Gasteiger partial charge in [0.1, 0.15) is 0 Å². The van der Waals surface area contributed by atoms with Crippen molar-refractivity contribution in [3.63, 3.8) is 0 Å². The summed E-state index contributed by atoms with van der Waals surface area (Å²) in [6.07, 6.45) is 7.37. The second kappa shape index (κ2) is 7.20. The number of nitrogens with one attached hydrogen (secondary N) is 1. The van der Waals surface area contributed by atoms with Crippen molar-refractivity contribution in [2.45, 2.75) is 64.6 Å². The van der Waals surface area contributed by atoms with Gasteiger partial charge >= 0.3 is 0 Å². The summed E-state index contributed by atoms with van der Waals surface area (Å²) in [7, 11) is -3.34.